The van der Waals surface area contributed by atoms with E-state index < -0.39 is 17.6 Å². The lowest BCUT2D eigenvalue weighted by Crippen LogP contribution is -2.38. The Labute approximate surface area is 157 Å². The molecule has 0 saturated carbocycles. The second kappa shape index (κ2) is 9.09. The van der Waals surface area contributed by atoms with Gasteiger partial charge in [0.05, 0.1) is 6.10 Å². The predicted octanol–water partition coefficient (Wildman–Crippen LogP) is 2.89. The van der Waals surface area contributed by atoms with E-state index in [9.17, 15) is 14.0 Å². The largest absolute Gasteiger partial charge is 0.376 e. The van der Waals surface area contributed by atoms with Gasteiger partial charge in [-0.3, -0.25) is 9.59 Å². The molecule has 2 amide bonds. The number of nitrogens with one attached hydrogen (secondary N) is 2. The van der Waals surface area contributed by atoms with Crippen LogP contribution < -0.4 is 10.6 Å². The maximum atomic E-state index is 14.0. The van der Waals surface area contributed by atoms with Crippen molar-refractivity contribution in [2.75, 3.05) is 13.2 Å². The molecule has 1 aliphatic heterocycles. The number of carbonyl (C=O) groups excluding carboxylic acids is 2. The van der Waals surface area contributed by atoms with Crippen LogP contribution in [0.5, 0.6) is 0 Å². The number of rotatable bonds is 6. The van der Waals surface area contributed by atoms with Crippen LogP contribution in [0.25, 0.3) is 6.08 Å². The standard InChI is InChI=1S/C21H21FN2O3/c22-18-11-5-4-9-16(18)13-19(21(26)23-14-17-10-6-12-27-17)24-20(25)15-7-2-1-3-8-15/h1-5,7-9,11,13,17H,6,10,12,14H2,(H,23,26)(H,24,25)/b19-13+/t17-/m1/s1. The number of benzene rings is 2. The summed E-state index contributed by atoms with van der Waals surface area (Å²) >= 11 is 0. The minimum Gasteiger partial charge on any atom is -0.376 e. The Balaban J connectivity index is 1.78. The van der Waals surface area contributed by atoms with Crippen molar-refractivity contribution in [3.8, 4) is 0 Å². The Morgan fingerprint density at radius 3 is 2.56 bits per heavy atom. The zero-order valence-electron chi connectivity index (χ0n) is 14.8. The van der Waals surface area contributed by atoms with E-state index in [0.29, 0.717) is 18.7 Å². The predicted molar refractivity (Wildman–Crippen MR) is 100 cm³/mol. The summed E-state index contributed by atoms with van der Waals surface area (Å²) in [5.41, 5.74) is 0.601. The molecule has 6 heteroatoms. The Morgan fingerprint density at radius 2 is 1.85 bits per heavy atom. The van der Waals surface area contributed by atoms with E-state index in [0.717, 1.165) is 12.8 Å². The van der Waals surface area contributed by atoms with Crippen LogP contribution in [-0.4, -0.2) is 31.1 Å². The molecular weight excluding hydrogens is 347 g/mol. The van der Waals surface area contributed by atoms with E-state index in [1.807, 2.05) is 0 Å². The van der Waals surface area contributed by atoms with Crippen molar-refractivity contribution in [3.63, 3.8) is 0 Å². The second-order valence-electron chi connectivity index (χ2n) is 6.24. The van der Waals surface area contributed by atoms with E-state index in [-0.39, 0.29) is 17.4 Å². The Bertz CT molecular complexity index is 830. The van der Waals surface area contributed by atoms with Crippen molar-refractivity contribution in [2.24, 2.45) is 0 Å². The molecule has 1 atom stereocenters. The Kier molecular flexibility index (Phi) is 6.33. The van der Waals surface area contributed by atoms with Gasteiger partial charge < -0.3 is 15.4 Å². The first-order chi connectivity index (χ1) is 13.1. The Hall–Kier alpha value is -2.99. The first-order valence-electron chi connectivity index (χ1n) is 8.86. The highest BCUT2D eigenvalue weighted by atomic mass is 19.1. The van der Waals surface area contributed by atoms with Gasteiger partial charge in [-0.1, -0.05) is 36.4 Å². The summed E-state index contributed by atoms with van der Waals surface area (Å²) < 4.78 is 19.5. The number of amides is 2. The molecule has 0 spiro atoms. The molecule has 5 nitrogen and oxygen atoms in total. The highest BCUT2D eigenvalue weighted by Gasteiger charge is 2.19. The van der Waals surface area contributed by atoms with Crippen LogP contribution in [0.4, 0.5) is 4.39 Å². The van der Waals surface area contributed by atoms with Gasteiger partial charge in [-0.15, -0.1) is 0 Å². The molecule has 1 aliphatic rings. The summed E-state index contributed by atoms with van der Waals surface area (Å²) in [5, 5.41) is 5.34. The van der Waals surface area contributed by atoms with Crippen molar-refractivity contribution in [1.29, 1.82) is 0 Å². The summed E-state index contributed by atoms with van der Waals surface area (Å²) in [7, 11) is 0. The van der Waals surface area contributed by atoms with Gasteiger partial charge in [0.15, 0.2) is 0 Å². The summed E-state index contributed by atoms with van der Waals surface area (Å²) in [4.78, 5) is 25.1. The zero-order chi connectivity index (χ0) is 19.1. The molecule has 27 heavy (non-hydrogen) atoms. The van der Waals surface area contributed by atoms with E-state index in [1.165, 1.54) is 18.2 Å². The highest BCUT2D eigenvalue weighted by molar-refractivity contribution is 6.05. The lowest BCUT2D eigenvalue weighted by Gasteiger charge is -2.14. The SMILES string of the molecule is O=C(NC[C@H]1CCCO1)/C(=C\c1ccccc1F)NC(=O)c1ccccc1. The lowest BCUT2D eigenvalue weighted by molar-refractivity contribution is -0.118. The van der Waals surface area contributed by atoms with Crippen LogP contribution in [0, 0.1) is 5.82 Å². The monoisotopic (exact) mass is 368 g/mol. The summed E-state index contributed by atoms with van der Waals surface area (Å²) in [6, 6.07) is 14.6. The van der Waals surface area contributed by atoms with Gasteiger partial charge in [-0.2, -0.15) is 0 Å². The molecule has 0 aromatic heterocycles. The average Bonchev–Trinajstić information content (AvgIpc) is 3.21. The molecule has 2 aromatic carbocycles. The van der Waals surface area contributed by atoms with Crippen molar-refractivity contribution in [3.05, 3.63) is 77.2 Å². The van der Waals surface area contributed by atoms with Crippen LogP contribution in [0.2, 0.25) is 0 Å². The van der Waals surface area contributed by atoms with Crippen molar-refractivity contribution < 1.29 is 18.7 Å². The second-order valence-corrected chi connectivity index (χ2v) is 6.24. The van der Waals surface area contributed by atoms with E-state index >= 15 is 0 Å². The molecule has 1 heterocycles. The summed E-state index contributed by atoms with van der Waals surface area (Å²) in [6.07, 6.45) is 3.14. The molecule has 0 aliphatic carbocycles. The van der Waals surface area contributed by atoms with Crippen LogP contribution in [-0.2, 0) is 9.53 Å². The van der Waals surface area contributed by atoms with Gasteiger partial charge in [0.1, 0.15) is 11.5 Å². The number of halogens is 1. The van der Waals surface area contributed by atoms with Gasteiger partial charge in [0.2, 0.25) is 0 Å². The molecule has 1 fully saturated rings. The first-order valence-corrected chi connectivity index (χ1v) is 8.86. The van der Waals surface area contributed by atoms with Gasteiger partial charge in [0, 0.05) is 24.3 Å². The van der Waals surface area contributed by atoms with Crippen molar-refractivity contribution >= 4 is 17.9 Å². The minimum absolute atomic E-state index is 0.0213. The normalized spacial score (nSPS) is 16.8. The Morgan fingerprint density at radius 1 is 1.11 bits per heavy atom. The molecule has 140 valence electrons. The summed E-state index contributed by atoms with van der Waals surface area (Å²) in [5.74, 6) is -1.40. The number of ether oxygens (including phenoxy) is 1. The maximum absolute atomic E-state index is 14.0. The van der Waals surface area contributed by atoms with Crippen LogP contribution in [0.15, 0.2) is 60.3 Å². The van der Waals surface area contributed by atoms with Gasteiger partial charge >= 0.3 is 0 Å². The molecule has 0 bridgehead atoms. The molecule has 0 unspecified atom stereocenters. The third-order valence-electron chi connectivity index (χ3n) is 4.25. The van der Waals surface area contributed by atoms with E-state index in [4.69, 9.17) is 4.74 Å². The molecule has 0 radical (unpaired) electrons. The maximum Gasteiger partial charge on any atom is 0.267 e. The molecular formula is C21H21FN2O3. The third kappa shape index (κ3) is 5.24. The average molecular weight is 368 g/mol. The molecule has 3 rings (SSSR count). The number of carbonyl (C=O) groups is 2. The van der Waals surface area contributed by atoms with Crippen LogP contribution in [0.1, 0.15) is 28.8 Å². The minimum atomic E-state index is -0.488. The molecule has 1 saturated heterocycles. The number of hydrogen-bond acceptors (Lipinski definition) is 3. The smallest absolute Gasteiger partial charge is 0.267 e. The zero-order valence-corrected chi connectivity index (χ0v) is 14.8. The quantitative estimate of drug-likeness (QED) is 0.771. The molecule has 2 N–H and O–H groups in total. The van der Waals surface area contributed by atoms with E-state index in [1.54, 1.807) is 42.5 Å². The highest BCUT2D eigenvalue weighted by Crippen LogP contribution is 2.13. The van der Waals surface area contributed by atoms with Gasteiger partial charge in [-0.25, -0.2) is 4.39 Å². The fraction of sp³-hybridized carbons (Fsp3) is 0.238. The van der Waals surface area contributed by atoms with Gasteiger partial charge in [0.25, 0.3) is 11.8 Å². The van der Waals surface area contributed by atoms with Crippen molar-refractivity contribution in [1.82, 2.24) is 10.6 Å². The van der Waals surface area contributed by atoms with Gasteiger partial charge in [-0.05, 0) is 37.1 Å². The first kappa shape index (κ1) is 18.8. The van der Waals surface area contributed by atoms with E-state index in [2.05, 4.69) is 10.6 Å². The van der Waals surface area contributed by atoms with Crippen LogP contribution in [0.3, 0.4) is 0 Å². The third-order valence-corrected chi connectivity index (χ3v) is 4.25. The topological polar surface area (TPSA) is 67.4 Å². The van der Waals surface area contributed by atoms with Crippen molar-refractivity contribution in [2.45, 2.75) is 18.9 Å². The van der Waals surface area contributed by atoms with Crippen LogP contribution >= 0.6 is 0 Å². The molecule has 2 aromatic rings. The fourth-order valence-electron chi connectivity index (χ4n) is 2.80. The lowest BCUT2D eigenvalue weighted by atomic mass is 10.1. The summed E-state index contributed by atoms with van der Waals surface area (Å²) in [6.45, 7) is 1.03. The number of hydrogen-bond donors (Lipinski definition) is 2. The fourth-order valence-corrected chi connectivity index (χ4v) is 2.80.